The van der Waals surface area contributed by atoms with Crippen molar-refractivity contribution in [2.45, 2.75) is 25.3 Å². The highest BCUT2D eigenvalue weighted by molar-refractivity contribution is 5.38. The molecule has 18 heavy (non-hydrogen) atoms. The van der Waals surface area contributed by atoms with Crippen molar-refractivity contribution in [2.75, 3.05) is 26.7 Å². The first-order chi connectivity index (χ1) is 8.83. The highest BCUT2D eigenvalue weighted by Crippen LogP contribution is 2.28. The van der Waals surface area contributed by atoms with E-state index in [0.29, 0.717) is 5.89 Å². The second-order valence-corrected chi connectivity index (χ2v) is 5.24. The highest BCUT2D eigenvalue weighted by atomic mass is 16.5. The Morgan fingerprint density at radius 2 is 2.33 bits per heavy atom. The zero-order valence-electron chi connectivity index (χ0n) is 10.8. The minimum absolute atomic E-state index is 0.230. The van der Waals surface area contributed by atoms with E-state index in [0.717, 1.165) is 31.4 Å². The van der Waals surface area contributed by atoms with E-state index in [2.05, 4.69) is 33.5 Å². The number of allylic oxidation sites excluding steroid dienone is 1. The molecule has 1 saturated carbocycles. The van der Waals surface area contributed by atoms with Crippen LogP contribution in [-0.4, -0.2) is 41.7 Å². The summed E-state index contributed by atoms with van der Waals surface area (Å²) in [6.07, 6.45) is 8.11. The van der Waals surface area contributed by atoms with Gasteiger partial charge in [0.2, 0.25) is 5.89 Å². The Hall–Kier alpha value is -1.20. The van der Waals surface area contributed by atoms with Crippen LogP contribution in [0.3, 0.4) is 0 Å². The van der Waals surface area contributed by atoms with E-state index in [1.54, 1.807) is 0 Å². The lowest BCUT2D eigenvalue weighted by molar-refractivity contribution is 0.190. The monoisotopic (exact) mass is 248 g/mol. The topological polar surface area (TPSA) is 54.2 Å². The maximum absolute atomic E-state index is 5.28. The molecule has 2 heterocycles. The van der Waals surface area contributed by atoms with Gasteiger partial charge in [-0.05, 0) is 31.9 Å². The van der Waals surface area contributed by atoms with Crippen LogP contribution >= 0.6 is 0 Å². The predicted molar refractivity (Wildman–Crippen MR) is 68.9 cm³/mol. The van der Waals surface area contributed by atoms with Gasteiger partial charge in [0.25, 0.3) is 0 Å². The van der Waals surface area contributed by atoms with Crippen molar-refractivity contribution >= 4 is 6.08 Å². The van der Waals surface area contributed by atoms with Crippen LogP contribution in [0.15, 0.2) is 10.6 Å². The second-order valence-electron chi connectivity index (χ2n) is 5.24. The maximum Gasteiger partial charge on any atom is 0.250 e. The van der Waals surface area contributed by atoms with Gasteiger partial charge in [0, 0.05) is 19.6 Å². The third kappa shape index (κ3) is 2.47. The zero-order chi connectivity index (χ0) is 12.4. The smallest absolute Gasteiger partial charge is 0.250 e. The SMILES string of the molecule is CN1CCNCC1c1noc(/C=C/C2CCC2)n1. The Labute approximate surface area is 107 Å². The number of nitrogens with zero attached hydrogens (tertiary/aromatic N) is 3. The first-order valence-electron chi connectivity index (χ1n) is 6.76. The van der Waals surface area contributed by atoms with E-state index < -0.39 is 0 Å². The first kappa shape index (κ1) is 11.9. The van der Waals surface area contributed by atoms with Crippen LogP contribution in [0.25, 0.3) is 6.08 Å². The van der Waals surface area contributed by atoms with Gasteiger partial charge in [0.1, 0.15) is 0 Å². The van der Waals surface area contributed by atoms with Crippen LogP contribution in [-0.2, 0) is 0 Å². The van der Waals surface area contributed by atoms with Crippen molar-refractivity contribution < 1.29 is 4.52 Å². The number of likely N-dealkylation sites (N-methyl/N-ethyl adjacent to an activating group) is 1. The summed E-state index contributed by atoms with van der Waals surface area (Å²) in [5, 5.41) is 7.45. The number of piperazine rings is 1. The van der Waals surface area contributed by atoms with Crippen molar-refractivity contribution in [3.05, 3.63) is 17.8 Å². The predicted octanol–water partition coefficient (Wildman–Crippen LogP) is 1.46. The summed E-state index contributed by atoms with van der Waals surface area (Å²) >= 11 is 0. The fraction of sp³-hybridized carbons (Fsp3) is 0.692. The summed E-state index contributed by atoms with van der Waals surface area (Å²) in [6.45, 7) is 2.94. The van der Waals surface area contributed by atoms with Gasteiger partial charge in [-0.25, -0.2) is 0 Å². The number of aromatic nitrogens is 2. The Balaban J connectivity index is 1.66. The lowest BCUT2D eigenvalue weighted by Gasteiger charge is -2.30. The molecule has 1 aliphatic heterocycles. The molecule has 5 nitrogen and oxygen atoms in total. The van der Waals surface area contributed by atoms with E-state index in [1.165, 1.54) is 19.3 Å². The molecule has 5 heteroatoms. The largest absolute Gasteiger partial charge is 0.335 e. The van der Waals surface area contributed by atoms with Crippen molar-refractivity contribution in [1.29, 1.82) is 0 Å². The van der Waals surface area contributed by atoms with Crippen LogP contribution < -0.4 is 5.32 Å². The molecular weight excluding hydrogens is 228 g/mol. The molecule has 0 aromatic carbocycles. The fourth-order valence-corrected chi connectivity index (χ4v) is 2.40. The Kier molecular flexibility index (Phi) is 3.43. The minimum atomic E-state index is 0.230. The zero-order valence-corrected chi connectivity index (χ0v) is 10.8. The summed E-state index contributed by atoms with van der Waals surface area (Å²) in [5.41, 5.74) is 0. The van der Waals surface area contributed by atoms with Gasteiger partial charge in [0.05, 0.1) is 6.04 Å². The number of hydrogen-bond acceptors (Lipinski definition) is 5. The molecule has 1 saturated heterocycles. The molecule has 98 valence electrons. The molecule has 0 bridgehead atoms. The van der Waals surface area contributed by atoms with Gasteiger partial charge in [-0.2, -0.15) is 4.98 Å². The maximum atomic E-state index is 5.28. The molecule has 2 fully saturated rings. The molecule has 1 atom stereocenters. The summed E-state index contributed by atoms with van der Waals surface area (Å²) in [7, 11) is 2.10. The van der Waals surface area contributed by atoms with Crippen molar-refractivity contribution in [1.82, 2.24) is 20.4 Å². The van der Waals surface area contributed by atoms with Crippen molar-refractivity contribution in [3.63, 3.8) is 0 Å². The summed E-state index contributed by atoms with van der Waals surface area (Å²) in [4.78, 5) is 6.73. The highest BCUT2D eigenvalue weighted by Gasteiger charge is 2.24. The van der Waals surface area contributed by atoms with E-state index in [-0.39, 0.29) is 6.04 Å². The Morgan fingerprint density at radius 1 is 1.44 bits per heavy atom. The van der Waals surface area contributed by atoms with Crippen LogP contribution in [0.5, 0.6) is 0 Å². The molecule has 0 radical (unpaired) electrons. The Morgan fingerprint density at radius 3 is 3.06 bits per heavy atom. The quantitative estimate of drug-likeness (QED) is 0.877. The standard InChI is InChI=1S/C13H20N4O/c1-17-8-7-14-9-11(17)13-15-12(18-16-13)6-5-10-3-2-4-10/h5-6,10-11,14H,2-4,7-9H2,1H3/b6-5+. The van der Waals surface area contributed by atoms with Crippen LogP contribution in [0.1, 0.15) is 37.0 Å². The average Bonchev–Trinajstić information content (AvgIpc) is 2.76. The number of hydrogen-bond donors (Lipinski definition) is 1. The van der Waals surface area contributed by atoms with Gasteiger partial charge in [0.15, 0.2) is 5.82 Å². The normalized spacial score (nSPS) is 26.6. The molecule has 0 amide bonds. The molecule has 1 aromatic rings. The summed E-state index contributed by atoms with van der Waals surface area (Å²) in [6, 6.07) is 0.230. The lowest BCUT2D eigenvalue weighted by atomic mass is 9.85. The van der Waals surface area contributed by atoms with Gasteiger partial charge >= 0.3 is 0 Å². The van der Waals surface area contributed by atoms with Crippen LogP contribution in [0.4, 0.5) is 0 Å². The Bertz CT molecular complexity index is 424. The van der Waals surface area contributed by atoms with Gasteiger partial charge in [-0.1, -0.05) is 17.7 Å². The third-order valence-electron chi connectivity index (χ3n) is 3.93. The molecule has 1 N–H and O–H groups in total. The van der Waals surface area contributed by atoms with Crippen molar-refractivity contribution in [2.24, 2.45) is 5.92 Å². The fourth-order valence-electron chi connectivity index (χ4n) is 2.40. The van der Waals surface area contributed by atoms with Gasteiger partial charge in [-0.3, -0.25) is 4.90 Å². The first-order valence-corrected chi connectivity index (χ1v) is 6.76. The minimum Gasteiger partial charge on any atom is -0.335 e. The molecule has 1 aromatic heterocycles. The summed E-state index contributed by atoms with van der Waals surface area (Å²) < 4.78 is 5.28. The van der Waals surface area contributed by atoms with Crippen LogP contribution in [0.2, 0.25) is 0 Å². The van der Waals surface area contributed by atoms with E-state index in [4.69, 9.17) is 4.52 Å². The van der Waals surface area contributed by atoms with Gasteiger partial charge in [-0.15, -0.1) is 0 Å². The lowest BCUT2D eigenvalue weighted by Crippen LogP contribution is -2.44. The molecule has 0 spiro atoms. The number of rotatable bonds is 3. The van der Waals surface area contributed by atoms with Gasteiger partial charge < -0.3 is 9.84 Å². The summed E-state index contributed by atoms with van der Waals surface area (Å²) in [5.74, 6) is 2.15. The molecule has 1 unspecified atom stereocenters. The van der Waals surface area contributed by atoms with E-state index in [9.17, 15) is 0 Å². The molecule has 2 aliphatic rings. The molecular formula is C13H20N4O. The molecule has 1 aliphatic carbocycles. The average molecular weight is 248 g/mol. The number of nitrogens with one attached hydrogen (secondary N) is 1. The van der Waals surface area contributed by atoms with Crippen LogP contribution in [0, 0.1) is 5.92 Å². The van der Waals surface area contributed by atoms with E-state index >= 15 is 0 Å². The van der Waals surface area contributed by atoms with E-state index in [1.807, 2.05) is 6.08 Å². The van der Waals surface area contributed by atoms with Crippen molar-refractivity contribution in [3.8, 4) is 0 Å². The third-order valence-corrected chi connectivity index (χ3v) is 3.93. The second kappa shape index (κ2) is 5.20. The molecule has 3 rings (SSSR count).